The van der Waals surface area contributed by atoms with Gasteiger partial charge in [-0.2, -0.15) is 5.10 Å². The molecule has 0 bridgehead atoms. The van der Waals surface area contributed by atoms with Gasteiger partial charge in [0.15, 0.2) is 5.69 Å². The van der Waals surface area contributed by atoms with Gasteiger partial charge in [-0.1, -0.05) is 23.4 Å². The number of hydrogen-bond acceptors (Lipinski definition) is 6. The van der Waals surface area contributed by atoms with Gasteiger partial charge in [0, 0.05) is 30.6 Å². The maximum Gasteiger partial charge on any atom is 0.340 e. The van der Waals surface area contributed by atoms with E-state index in [1.165, 1.54) is 0 Å². The predicted molar refractivity (Wildman–Crippen MR) is 108 cm³/mol. The lowest BCUT2D eigenvalue weighted by Gasteiger charge is -2.31. The van der Waals surface area contributed by atoms with Crippen molar-refractivity contribution >= 4 is 16.8 Å². The van der Waals surface area contributed by atoms with Crippen LogP contribution in [0.3, 0.4) is 0 Å². The Kier molecular flexibility index (Phi) is 4.38. The summed E-state index contributed by atoms with van der Waals surface area (Å²) in [5, 5.41) is 15.8. The first-order valence-electron chi connectivity index (χ1n) is 9.82. The lowest BCUT2D eigenvalue weighted by Crippen LogP contribution is -2.40. The number of carbonyl (C=O) groups is 1. The van der Waals surface area contributed by atoms with E-state index in [-0.39, 0.29) is 17.5 Å². The second kappa shape index (κ2) is 7.21. The average Bonchev–Trinajstić information content (AvgIpc) is 3.38. The van der Waals surface area contributed by atoms with E-state index in [9.17, 15) is 9.59 Å². The third-order valence-electron chi connectivity index (χ3n) is 5.55. The number of carbonyl (C=O) groups excluding carboxylic acids is 1. The summed E-state index contributed by atoms with van der Waals surface area (Å²) in [6.07, 6.45) is 3.42. The van der Waals surface area contributed by atoms with Crippen molar-refractivity contribution in [1.82, 2.24) is 40.1 Å². The predicted octanol–water partition coefficient (Wildman–Crippen LogP) is 1.56. The number of likely N-dealkylation sites (tertiary alicyclic amines) is 1. The fourth-order valence-electron chi connectivity index (χ4n) is 4.03. The molecule has 0 spiro atoms. The van der Waals surface area contributed by atoms with Crippen LogP contribution in [0.5, 0.6) is 0 Å². The Morgan fingerprint density at radius 2 is 2.10 bits per heavy atom. The number of amides is 1. The molecule has 30 heavy (non-hydrogen) atoms. The Morgan fingerprint density at radius 1 is 1.23 bits per heavy atom. The number of pyridine rings is 1. The second-order valence-electron chi connectivity index (χ2n) is 7.44. The molecule has 0 radical (unpaired) electrons. The Labute approximate surface area is 170 Å². The summed E-state index contributed by atoms with van der Waals surface area (Å²) in [5.41, 5.74) is 2.22. The van der Waals surface area contributed by atoms with Crippen LogP contribution in [-0.2, 0) is 0 Å². The molecule has 1 aromatic carbocycles. The summed E-state index contributed by atoms with van der Waals surface area (Å²) in [6, 6.07) is 9.70. The van der Waals surface area contributed by atoms with Crippen molar-refractivity contribution in [1.29, 1.82) is 0 Å². The van der Waals surface area contributed by atoms with E-state index in [1.54, 1.807) is 15.8 Å². The molecule has 5 rings (SSSR count). The first-order valence-corrected chi connectivity index (χ1v) is 9.82. The van der Waals surface area contributed by atoms with Crippen LogP contribution in [0.15, 0.2) is 41.3 Å². The molecule has 1 unspecified atom stereocenters. The maximum atomic E-state index is 13.2. The summed E-state index contributed by atoms with van der Waals surface area (Å²) in [7, 11) is 0. The number of para-hydroxylation sites is 1. The van der Waals surface area contributed by atoms with E-state index in [1.807, 2.05) is 37.3 Å². The van der Waals surface area contributed by atoms with Crippen molar-refractivity contribution in [2.24, 2.45) is 0 Å². The highest BCUT2D eigenvalue weighted by Crippen LogP contribution is 2.26. The van der Waals surface area contributed by atoms with Crippen LogP contribution in [0.1, 0.15) is 40.8 Å². The quantitative estimate of drug-likeness (QED) is 0.534. The summed E-state index contributed by atoms with van der Waals surface area (Å²) >= 11 is 0. The Balaban J connectivity index is 1.44. The summed E-state index contributed by atoms with van der Waals surface area (Å²) in [4.78, 5) is 33.5. The van der Waals surface area contributed by atoms with Crippen molar-refractivity contribution in [3.05, 3.63) is 64.2 Å². The molecule has 3 aromatic heterocycles. The van der Waals surface area contributed by atoms with Gasteiger partial charge in [0.2, 0.25) is 0 Å². The van der Waals surface area contributed by atoms with Gasteiger partial charge in [-0.3, -0.25) is 14.8 Å². The molecule has 1 aliphatic rings. The van der Waals surface area contributed by atoms with Crippen LogP contribution >= 0.6 is 0 Å². The Hall–Kier alpha value is -3.82. The molecule has 0 aliphatic carbocycles. The highest BCUT2D eigenvalue weighted by Gasteiger charge is 2.30. The van der Waals surface area contributed by atoms with Crippen molar-refractivity contribution in [3.8, 4) is 5.69 Å². The number of nitrogens with one attached hydrogen (secondary N) is 2. The van der Waals surface area contributed by atoms with Crippen molar-refractivity contribution in [3.63, 3.8) is 0 Å². The van der Waals surface area contributed by atoms with Crippen molar-refractivity contribution in [2.45, 2.75) is 25.7 Å². The molecule has 0 saturated carbocycles. The SMILES string of the molecule is Cc1c(C(=O)N2CCCC(c3n[nH]c(=O)[nH]3)C2)nnn1-c1cccc2cccnc12. The molecule has 1 fully saturated rings. The van der Waals surface area contributed by atoms with Crippen LogP contribution in [0.2, 0.25) is 0 Å². The second-order valence-corrected chi connectivity index (χ2v) is 7.44. The van der Waals surface area contributed by atoms with E-state index in [0.29, 0.717) is 30.3 Å². The van der Waals surface area contributed by atoms with Crippen LogP contribution in [0.25, 0.3) is 16.6 Å². The zero-order valence-corrected chi connectivity index (χ0v) is 16.4. The minimum absolute atomic E-state index is 0.0146. The highest BCUT2D eigenvalue weighted by atomic mass is 16.2. The van der Waals surface area contributed by atoms with Gasteiger partial charge in [-0.05, 0) is 31.9 Å². The smallest absolute Gasteiger partial charge is 0.336 e. The lowest BCUT2D eigenvalue weighted by molar-refractivity contribution is 0.0697. The molecular weight excluding hydrogens is 384 g/mol. The van der Waals surface area contributed by atoms with E-state index >= 15 is 0 Å². The summed E-state index contributed by atoms with van der Waals surface area (Å²) in [5.74, 6) is 0.397. The number of rotatable bonds is 3. The normalized spacial score (nSPS) is 16.8. The topological polar surface area (TPSA) is 125 Å². The molecule has 10 nitrogen and oxygen atoms in total. The van der Waals surface area contributed by atoms with E-state index in [0.717, 1.165) is 29.4 Å². The minimum atomic E-state index is -0.337. The van der Waals surface area contributed by atoms with Gasteiger partial charge in [0.25, 0.3) is 5.91 Å². The Morgan fingerprint density at radius 3 is 2.93 bits per heavy atom. The number of fused-ring (bicyclic) bond motifs is 1. The molecular formula is C20H20N8O2. The molecule has 2 N–H and O–H groups in total. The fraction of sp³-hybridized carbons (Fsp3) is 0.300. The number of nitrogens with zero attached hydrogens (tertiary/aromatic N) is 6. The van der Waals surface area contributed by atoms with Crippen LogP contribution < -0.4 is 5.69 Å². The molecule has 4 heterocycles. The first kappa shape index (κ1) is 18.2. The van der Waals surface area contributed by atoms with E-state index in [2.05, 4.69) is 30.5 Å². The lowest BCUT2D eigenvalue weighted by atomic mass is 9.97. The van der Waals surface area contributed by atoms with Gasteiger partial charge in [0.05, 0.1) is 16.9 Å². The third-order valence-corrected chi connectivity index (χ3v) is 5.55. The van der Waals surface area contributed by atoms with Crippen molar-refractivity contribution in [2.75, 3.05) is 13.1 Å². The molecule has 1 aliphatic heterocycles. The minimum Gasteiger partial charge on any atom is -0.336 e. The first-order chi connectivity index (χ1) is 14.6. The standard InChI is InChI=1S/C20H20N8O2/c1-12-16(19(29)27-10-4-7-14(11-27)18-22-20(30)25-24-18)23-26-28(12)15-8-2-5-13-6-3-9-21-17(13)15/h2-3,5-6,8-9,14H,4,7,10-11H2,1H3,(H2,22,24,25,30). The summed E-state index contributed by atoms with van der Waals surface area (Å²) < 4.78 is 1.66. The van der Waals surface area contributed by atoms with E-state index < -0.39 is 0 Å². The molecule has 152 valence electrons. The van der Waals surface area contributed by atoms with Crippen molar-refractivity contribution < 1.29 is 4.79 Å². The highest BCUT2D eigenvalue weighted by molar-refractivity contribution is 5.94. The largest absolute Gasteiger partial charge is 0.340 e. The zero-order chi connectivity index (χ0) is 20.7. The summed E-state index contributed by atoms with van der Waals surface area (Å²) in [6.45, 7) is 2.94. The van der Waals surface area contributed by atoms with Gasteiger partial charge < -0.3 is 4.90 Å². The number of aromatic amines is 2. The fourth-order valence-corrected chi connectivity index (χ4v) is 4.03. The molecule has 1 amide bonds. The van der Waals surface area contributed by atoms with E-state index in [4.69, 9.17) is 0 Å². The third kappa shape index (κ3) is 3.06. The van der Waals surface area contributed by atoms with Crippen LogP contribution in [0.4, 0.5) is 0 Å². The van der Waals surface area contributed by atoms with Gasteiger partial charge in [-0.15, -0.1) is 5.10 Å². The number of aromatic nitrogens is 7. The van der Waals surface area contributed by atoms with Gasteiger partial charge in [0.1, 0.15) is 5.82 Å². The maximum absolute atomic E-state index is 13.2. The Bertz CT molecular complexity index is 1280. The monoisotopic (exact) mass is 404 g/mol. The number of H-pyrrole nitrogens is 2. The molecule has 10 heteroatoms. The van der Waals surface area contributed by atoms with Crippen LogP contribution in [0, 0.1) is 6.92 Å². The zero-order valence-electron chi connectivity index (χ0n) is 16.4. The molecule has 4 aromatic rings. The molecule has 1 atom stereocenters. The van der Waals surface area contributed by atoms with Crippen LogP contribution in [-0.4, -0.2) is 59.1 Å². The van der Waals surface area contributed by atoms with Gasteiger partial charge >= 0.3 is 5.69 Å². The van der Waals surface area contributed by atoms with Gasteiger partial charge in [-0.25, -0.2) is 14.6 Å². The average molecular weight is 404 g/mol. The number of hydrogen-bond donors (Lipinski definition) is 2. The number of benzene rings is 1. The molecule has 1 saturated heterocycles. The number of piperidine rings is 1.